The summed E-state index contributed by atoms with van der Waals surface area (Å²) in [6, 6.07) is 3.68. The fourth-order valence-electron chi connectivity index (χ4n) is 2.71. The number of amides is 1. The number of nitrogens with zero attached hydrogens (tertiary/aromatic N) is 3. The van der Waals surface area contributed by atoms with Gasteiger partial charge in [0.25, 0.3) is 5.91 Å². The molecule has 2 rings (SSSR count). The van der Waals surface area contributed by atoms with Crippen LogP contribution in [0.5, 0.6) is 0 Å². The Bertz CT molecular complexity index is 467. The van der Waals surface area contributed by atoms with E-state index in [0.717, 1.165) is 39.3 Å². The molecule has 0 bridgehead atoms. The Morgan fingerprint density at radius 1 is 1.33 bits per heavy atom. The zero-order valence-corrected chi connectivity index (χ0v) is 13.3. The van der Waals surface area contributed by atoms with Crippen molar-refractivity contribution in [2.75, 3.05) is 44.6 Å². The van der Waals surface area contributed by atoms with Crippen LogP contribution in [0.15, 0.2) is 18.3 Å². The van der Waals surface area contributed by atoms with Gasteiger partial charge in [0.1, 0.15) is 5.82 Å². The molecule has 21 heavy (non-hydrogen) atoms. The molecule has 0 unspecified atom stereocenters. The van der Waals surface area contributed by atoms with Crippen LogP contribution in [0.25, 0.3) is 0 Å². The van der Waals surface area contributed by atoms with E-state index in [1.807, 2.05) is 24.0 Å². The zero-order chi connectivity index (χ0) is 15.2. The van der Waals surface area contributed by atoms with Gasteiger partial charge in [0.05, 0.1) is 5.56 Å². The Morgan fingerprint density at radius 2 is 2.05 bits per heavy atom. The summed E-state index contributed by atoms with van der Waals surface area (Å²) in [6.07, 6.45) is 1.72. The molecule has 0 aromatic carbocycles. The molecule has 1 saturated heterocycles. The Labute approximate surface area is 127 Å². The Balaban J connectivity index is 1.99. The predicted molar refractivity (Wildman–Crippen MR) is 85.6 cm³/mol. The highest BCUT2D eigenvalue weighted by atomic mass is 16.2. The number of aromatic nitrogens is 1. The number of carbonyl (C=O) groups excluding carboxylic acids is 1. The SMILES string of the molecule is CCNc1ncccc1C(=O)N1CCN(CC(C)C)CC1. The summed E-state index contributed by atoms with van der Waals surface area (Å²) in [5.74, 6) is 1.45. The molecule has 1 N–H and O–H groups in total. The summed E-state index contributed by atoms with van der Waals surface area (Å²) < 4.78 is 0. The van der Waals surface area contributed by atoms with Crippen molar-refractivity contribution in [1.29, 1.82) is 0 Å². The van der Waals surface area contributed by atoms with Crippen molar-refractivity contribution in [2.24, 2.45) is 5.92 Å². The van der Waals surface area contributed by atoms with Gasteiger partial charge in [-0.2, -0.15) is 0 Å². The lowest BCUT2D eigenvalue weighted by molar-refractivity contribution is 0.0624. The highest BCUT2D eigenvalue weighted by molar-refractivity contribution is 5.98. The summed E-state index contributed by atoms with van der Waals surface area (Å²) in [6.45, 7) is 11.9. The molecule has 0 spiro atoms. The molecule has 5 heteroatoms. The summed E-state index contributed by atoms with van der Waals surface area (Å²) in [5, 5.41) is 3.16. The second kappa shape index (κ2) is 7.41. The molecule has 0 aliphatic carbocycles. The third-order valence-corrected chi connectivity index (χ3v) is 3.67. The first-order valence-electron chi connectivity index (χ1n) is 7.82. The van der Waals surface area contributed by atoms with Gasteiger partial charge in [-0.05, 0) is 25.0 Å². The minimum absolute atomic E-state index is 0.0863. The second-order valence-electron chi connectivity index (χ2n) is 5.92. The Hall–Kier alpha value is -1.62. The first-order chi connectivity index (χ1) is 10.1. The largest absolute Gasteiger partial charge is 0.370 e. The van der Waals surface area contributed by atoms with Crippen molar-refractivity contribution in [1.82, 2.24) is 14.8 Å². The van der Waals surface area contributed by atoms with Crippen LogP contribution in [-0.2, 0) is 0 Å². The van der Waals surface area contributed by atoms with Gasteiger partial charge in [-0.25, -0.2) is 4.98 Å². The van der Waals surface area contributed by atoms with Crippen LogP contribution < -0.4 is 5.32 Å². The monoisotopic (exact) mass is 290 g/mol. The maximum absolute atomic E-state index is 12.7. The number of nitrogens with one attached hydrogen (secondary N) is 1. The minimum atomic E-state index is 0.0863. The van der Waals surface area contributed by atoms with Crippen molar-refractivity contribution < 1.29 is 4.79 Å². The number of anilines is 1. The molecule has 116 valence electrons. The van der Waals surface area contributed by atoms with Gasteiger partial charge >= 0.3 is 0 Å². The second-order valence-corrected chi connectivity index (χ2v) is 5.92. The van der Waals surface area contributed by atoms with Gasteiger partial charge < -0.3 is 10.2 Å². The summed E-state index contributed by atoms with van der Waals surface area (Å²) in [4.78, 5) is 21.3. The third kappa shape index (κ3) is 4.17. The molecule has 0 radical (unpaired) electrons. The van der Waals surface area contributed by atoms with Crippen LogP contribution in [0.2, 0.25) is 0 Å². The van der Waals surface area contributed by atoms with Crippen molar-refractivity contribution >= 4 is 11.7 Å². The third-order valence-electron chi connectivity index (χ3n) is 3.67. The number of pyridine rings is 1. The molecular formula is C16H26N4O. The van der Waals surface area contributed by atoms with Crippen molar-refractivity contribution in [2.45, 2.75) is 20.8 Å². The van der Waals surface area contributed by atoms with Crippen LogP contribution in [0.4, 0.5) is 5.82 Å². The lowest BCUT2D eigenvalue weighted by Gasteiger charge is -2.35. The van der Waals surface area contributed by atoms with Gasteiger partial charge in [-0.1, -0.05) is 13.8 Å². The topological polar surface area (TPSA) is 48.5 Å². The molecule has 1 aromatic heterocycles. The zero-order valence-electron chi connectivity index (χ0n) is 13.3. The molecule has 1 aliphatic rings. The molecule has 1 aliphatic heterocycles. The minimum Gasteiger partial charge on any atom is -0.370 e. The molecule has 1 amide bonds. The van der Waals surface area contributed by atoms with E-state index in [1.165, 1.54) is 0 Å². The summed E-state index contributed by atoms with van der Waals surface area (Å²) >= 11 is 0. The number of piperazine rings is 1. The van der Waals surface area contributed by atoms with E-state index >= 15 is 0 Å². The first kappa shape index (κ1) is 15.8. The van der Waals surface area contributed by atoms with Gasteiger partial charge in [-0.15, -0.1) is 0 Å². The maximum atomic E-state index is 12.7. The average Bonchev–Trinajstić information content (AvgIpc) is 2.48. The highest BCUT2D eigenvalue weighted by Gasteiger charge is 2.24. The van der Waals surface area contributed by atoms with Crippen LogP contribution >= 0.6 is 0 Å². The van der Waals surface area contributed by atoms with Gasteiger partial charge in [0, 0.05) is 45.5 Å². The van der Waals surface area contributed by atoms with Crippen molar-refractivity contribution in [3.05, 3.63) is 23.9 Å². The van der Waals surface area contributed by atoms with Gasteiger partial charge in [-0.3, -0.25) is 9.69 Å². The Morgan fingerprint density at radius 3 is 2.67 bits per heavy atom. The smallest absolute Gasteiger partial charge is 0.257 e. The molecular weight excluding hydrogens is 264 g/mol. The van der Waals surface area contributed by atoms with Crippen molar-refractivity contribution in [3.8, 4) is 0 Å². The molecule has 0 saturated carbocycles. The number of hydrogen-bond donors (Lipinski definition) is 1. The molecule has 1 aromatic rings. The number of carbonyl (C=O) groups is 1. The normalized spacial score (nSPS) is 16.3. The van der Waals surface area contributed by atoms with E-state index in [0.29, 0.717) is 17.3 Å². The van der Waals surface area contributed by atoms with Gasteiger partial charge in [0.15, 0.2) is 0 Å². The lowest BCUT2D eigenvalue weighted by Crippen LogP contribution is -2.49. The fourth-order valence-corrected chi connectivity index (χ4v) is 2.71. The van der Waals surface area contributed by atoms with Crippen molar-refractivity contribution in [3.63, 3.8) is 0 Å². The predicted octanol–water partition coefficient (Wildman–Crippen LogP) is 1.93. The number of rotatable bonds is 5. The highest BCUT2D eigenvalue weighted by Crippen LogP contribution is 2.16. The summed E-state index contributed by atoms with van der Waals surface area (Å²) in [5.41, 5.74) is 0.677. The fraction of sp³-hybridized carbons (Fsp3) is 0.625. The van der Waals surface area contributed by atoms with Crippen LogP contribution in [0, 0.1) is 5.92 Å². The lowest BCUT2D eigenvalue weighted by atomic mass is 10.1. The van der Waals surface area contributed by atoms with E-state index in [4.69, 9.17) is 0 Å². The molecule has 5 nitrogen and oxygen atoms in total. The van der Waals surface area contributed by atoms with E-state index in [1.54, 1.807) is 6.20 Å². The van der Waals surface area contributed by atoms with Crippen LogP contribution in [0.3, 0.4) is 0 Å². The molecule has 2 heterocycles. The maximum Gasteiger partial charge on any atom is 0.257 e. The molecule has 1 fully saturated rings. The van der Waals surface area contributed by atoms with E-state index in [-0.39, 0.29) is 5.91 Å². The van der Waals surface area contributed by atoms with E-state index in [2.05, 4.69) is 29.0 Å². The Kier molecular flexibility index (Phi) is 5.56. The first-order valence-corrected chi connectivity index (χ1v) is 7.82. The average molecular weight is 290 g/mol. The quantitative estimate of drug-likeness (QED) is 0.900. The summed E-state index contributed by atoms with van der Waals surface area (Å²) in [7, 11) is 0. The van der Waals surface area contributed by atoms with Gasteiger partial charge in [0.2, 0.25) is 0 Å². The van der Waals surface area contributed by atoms with Crippen LogP contribution in [-0.4, -0.2) is 60.0 Å². The number of hydrogen-bond acceptors (Lipinski definition) is 4. The standard InChI is InChI=1S/C16H26N4O/c1-4-17-15-14(6-5-7-18-15)16(21)20-10-8-19(9-11-20)12-13(2)3/h5-7,13H,4,8-12H2,1-3H3,(H,17,18). The molecule has 0 atom stereocenters. The van der Waals surface area contributed by atoms with E-state index < -0.39 is 0 Å². The van der Waals surface area contributed by atoms with E-state index in [9.17, 15) is 4.79 Å². The van der Waals surface area contributed by atoms with Crippen LogP contribution in [0.1, 0.15) is 31.1 Å².